The molecule has 0 N–H and O–H groups in total. The molecule has 4 nitrogen and oxygen atoms in total. The van der Waals surface area contributed by atoms with Crippen molar-refractivity contribution in [3.8, 4) is 5.75 Å². The van der Waals surface area contributed by atoms with E-state index in [1.165, 1.54) is 5.56 Å². The van der Waals surface area contributed by atoms with Gasteiger partial charge in [0.2, 0.25) is 0 Å². The molecule has 0 aliphatic heterocycles. The molecular weight excluding hydrogens is 367 g/mol. The van der Waals surface area contributed by atoms with Crippen LogP contribution in [0.1, 0.15) is 25.3 Å². The summed E-state index contributed by atoms with van der Waals surface area (Å²) < 4.78 is 5.56. The maximum atomic E-state index is 11.9. The monoisotopic (exact) mass is 392 g/mol. The first-order valence-electron chi connectivity index (χ1n) is 6.48. The van der Waals surface area contributed by atoms with Gasteiger partial charge >= 0.3 is 6.09 Å². The Kier molecular flexibility index (Phi) is 6.97. The molecule has 0 aromatic heterocycles. The average molecular weight is 392 g/mol. The zero-order chi connectivity index (χ0) is 14.8. The molecule has 0 aliphatic carbocycles. The van der Waals surface area contributed by atoms with Gasteiger partial charge in [-0.15, -0.1) is 0 Å². The van der Waals surface area contributed by atoms with Crippen LogP contribution in [0.4, 0.5) is 10.5 Å². The largest absolute Gasteiger partial charge is 1.00 e. The summed E-state index contributed by atoms with van der Waals surface area (Å²) in [5, 5.41) is 0. The first kappa shape index (κ1) is 19.2. The minimum absolute atomic E-state index is 0. The zero-order valence-electron chi connectivity index (χ0n) is 13.4. The highest BCUT2D eigenvalue weighted by atomic mass is 127. The Morgan fingerprint density at radius 1 is 1.20 bits per heavy atom. The summed E-state index contributed by atoms with van der Waals surface area (Å²) in [5.74, 6) is 0.979. The Morgan fingerprint density at radius 3 is 2.15 bits per heavy atom. The summed E-state index contributed by atoms with van der Waals surface area (Å²) >= 11 is 0. The van der Waals surface area contributed by atoms with E-state index in [-0.39, 0.29) is 34.6 Å². The number of nitrogens with zero attached hydrogens (tertiary/aromatic N) is 2. The van der Waals surface area contributed by atoms with Crippen molar-refractivity contribution in [1.82, 2.24) is 0 Å². The number of rotatable bonds is 3. The fourth-order valence-corrected chi connectivity index (χ4v) is 1.70. The van der Waals surface area contributed by atoms with Crippen molar-refractivity contribution in [2.24, 2.45) is 0 Å². The number of hydrogen-bond acceptors (Lipinski definition) is 3. The SMILES string of the molecule is CC(C)c1cc(OC(=O)[N+](C)(C)C)ccc1N(C)C.[I-]. The number of quaternary nitrogens is 1. The molecule has 0 heterocycles. The Bertz CT molecular complexity index is 465. The van der Waals surface area contributed by atoms with Crippen LogP contribution in [0.25, 0.3) is 0 Å². The topological polar surface area (TPSA) is 29.5 Å². The van der Waals surface area contributed by atoms with Crippen LogP contribution >= 0.6 is 0 Å². The normalized spacial score (nSPS) is 11.0. The molecule has 0 bridgehead atoms. The van der Waals surface area contributed by atoms with Crippen molar-refractivity contribution in [2.45, 2.75) is 19.8 Å². The van der Waals surface area contributed by atoms with E-state index >= 15 is 0 Å². The molecule has 1 aromatic carbocycles. The molecule has 0 unspecified atom stereocenters. The Labute approximate surface area is 139 Å². The third kappa shape index (κ3) is 4.94. The fraction of sp³-hybridized carbons (Fsp3) is 0.533. The van der Waals surface area contributed by atoms with Gasteiger partial charge in [-0.25, -0.2) is 4.48 Å². The van der Waals surface area contributed by atoms with Gasteiger partial charge in [-0.05, 0) is 29.7 Å². The Morgan fingerprint density at radius 2 is 1.75 bits per heavy atom. The lowest BCUT2D eigenvalue weighted by Crippen LogP contribution is -3.00. The number of amides is 1. The number of carbonyl (C=O) groups excluding carboxylic acids is 1. The van der Waals surface area contributed by atoms with Crippen molar-refractivity contribution in [3.63, 3.8) is 0 Å². The van der Waals surface area contributed by atoms with E-state index in [0.717, 1.165) is 5.69 Å². The minimum atomic E-state index is -0.271. The minimum Gasteiger partial charge on any atom is -1.00 e. The average Bonchev–Trinajstić information content (AvgIpc) is 2.27. The summed E-state index contributed by atoms with van der Waals surface area (Å²) in [6.45, 7) is 4.27. The van der Waals surface area contributed by atoms with Crippen LogP contribution in [0.5, 0.6) is 5.75 Å². The molecule has 0 fully saturated rings. The zero-order valence-corrected chi connectivity index (χ0v) is 15.6. The highest BCUT2D eigenvalue weighted by molar-refractivity contribution is 5.65. The van der Waals surface area contributed by atoms with Crippen LogP contribution in [0.15, 0.2) is 18.2 Å². The summed E-state index contributed by atoms with van der Waals surface area (Å²) in [7, 11) is 9.40. The van der Waals surface area contributed by atoms with Crippen LogP contribution in [-0.2, 0) is 0 Å². The second-order valence-electron chi connectivity index (χ2n) is 6.15. The maximum Gasteiger partial charge on any atom is 0.520 e. The Hall–Kier alpha value is -0.820. The fourth-order valence-electron chi connectivity index (χ4n) is 1.70. The summed E-state index contributed by atoms with van der Waals surface area (Å²) in [6, 6.07) is 5.79. The highest BCUT2D eigenvalue weighted by Gasteiger charge is 2.24. The molecule has 0 saturated heterocycles. The molecule has 5 heteroatoms. The number of benzene rings is 1. The molecular formula is C15H25IN2O2. The second kappa shape index (κ2) is 7.26. The van der Waals surface area contributed by atoms with E-state index in [4.69, 9.17) is 4.74 Å². The second-order valence-corrected chi connectivity index (χ2v) is 6.15. The van der Waals surface area contributed by atoms with Gasteiger partial charge in [-0.1, -0.05) is 13.8 Å². The van der Waals surface area contributed by atoms with E-state index in [2.05, 4.69) is 18.7 Å². The molecule has 114 valence electrons. The van der Waals surface area contributed by atoms with Gasteiger partial charge < -0.3 is 33.6 Å². The predicted octanol–water partition coefficient (Wildman–Crippen LogP) is 0.0850. The van der Waals surface area contributed by atoms with Crippen LogP contribution in [-0.4, -0.2) is 45.8 Å². The first-order valence-corrected chi connectivity index (χ1v) is 6.48. The van der Waals surface area contributed by atoms with Crippen molar-refractivity contribution < 1.29 is 38.0 Å². The van der Waals surface area contributed by atoms with Gasteiger partial charge in [0.15, 0.2) is 0 Å². The van der Waals surface area contributed by atoms with Crippen molar-refractivity contribution >= 4 is 11.8 Å². The van der Waals surface area contributed by atoms with Gasteiger partial charge in [0.1, 0.15) is 5.75 Å². The first-order chi connectivity index (χ1) is 8.62. The lowest BCUT2D eigenvalue weighted by Gasteiger charge is -2.22. The van der Waals surface area contributed by atoms with E-state index in [1.807, 2.05) is 32.3 Å². The molecule has 0 saturated carbocycles. The number of halogens is 1. The molecule has 1 amide bonds. The predicted molar refractivity (Wildman–Crippen MR) is 78.9 cm³/mol. The molecule has 1 aromatic rings. The van der Waals surface area contributed by atoms with Gasteiger partial charge in [0, 0.05) is 19.8 Å². The van der Waals surface area contributed by atoms with E-state index in [0.29, 0.717) is 11.7 Å². The molecule has 0 radical (unpaired) electrons. The molecule has 0 aliphatic rings. The highest BCUT2D eigenvalue weighted by Crippen LogP contribution is 2.30. The molecule has 0 atom stereocenters. The number of ether oxygens (including phenoxy) is 1. The number of hydrogen-bond donors (Lipinski definition) is 0. The van der Waals surface area contributed by atoms with Crippen LogP contribution < -0.4 is 33.6 Å². The van der Waals surface area contributed by atoms with Gasteiger partial charge in [0.25, 0.3) is 0 Å². The summed E-state index contributed by atoms with van der Waals surface area (Å²) in [6.07, 6.45) is -0.271. The van der Waals surface area contributed by atoms with Crippen LogP contribution in [0, 0.1) is 0 Å². The summed E-state index contributed by atoms with van der Waals surface area (Å²) in [5.41, 5.74) is 2.33. The molecule has 20 heavy (non-hydrogen) atoms. The summed E-state index contributed by atoms with van der Waals surface area (Å²) in [4.78, 5) is 13.9. The van der Waals surface area contributed by atoms with Gasteiger partial charge in [-0.2, -0.15) is 4.79 Å². The van der Waals surface area contributed by atoms with Crippen LogP contribution in [0.2, 0.25) is 0 Å². The van der Waals surface area contributed by atoms with Crippen LogP contribution in [0.3, 0.4) is 0 Å². The quantitative estimate of drug-likeness (QED) is 0.540. The third-order valence-corrected chi connectivity index (χ3v) is 2.86. The van der Waals surface area contributed by atoms with Crippen molar-refractivity contribution in [1.29, 1.82) is 0 Å². The standard InChI is InChI=1S/C15H25N2O2.HI/c1-11(2)13-10-12(8-9-14(13)16(3)4)19-15(18)17(5,6)7;/h8-11H,1-7H3;1H/q+1;/p-1. The molecule has 0 spiro atoms. The number of anilines is 1. The lowest BCUT2D eigenvalue weighted by molar-refractivity contribution is -0.793. The van der Waals surface area contributed by atoms with E-state index < -0.39 is 0 Å². The van der Waals surface area contributed by atoms with E-state index in [9.17, 15) is 4.79 Å². The maximum absolute atomic E-state index is 11.9. The van der Waals surface area contributed by atoms with Gasteiger partial charge in [-0.3, -0.25) is 0 Å². The van der Waals surface area contributed by atoms with Crippen molar-refractivity contribution in [2.75, 3.05) is 40.1 Å². The van der Waals surface area contributed by atoms with Gasteiger partial charge in [0.05, 0.1) is 21.1 Å². The third-order valence-electron chi connectivity index (χ3n) is 2.86. The van der Waals surface area contributed by atoms with Crippen molar-refractivity contribution in [3.05, 3.63) is 23.8 Å². The Balaban J connectivity index is 0.00000361. The van der Waals surface area contributed by atoms with E-state index in [1.54, 1.807) is 21.1 Å². The number of carbonyl (C=O) groups is 1. The molecule has 1 rings (SSSR count). The smallest absolute Gasteiger partial charge is 0.520 e. The lowest BCUT2D eigenvalue weighted by atomic mass is 10.0.